The van der Waals surface area contributed by atoms with E-state index in [0.717, 1.165) is 23.5 Å². The number of nitrogens with zero attached hydrogens (tertiary/aromatic N) is 2. The van der Waals surface area contributed by atoms with Crippen molar-refractivity contribution in [1.29, 1.82) is 0 Å². The van der Waals surface area contributed by atoms with E-state index in [0.29, 0.717) is 5.92 Å². The lowest BCUT2D eigenvalue weighted by Crippen LogP contribution is -2.11. The fourth-order valence-corrected chi connectivity index (χ4v) is 1.44. The van der Waals surface area contributed by atoms with Crippen molar-refractivity contribution in [2.75, 3.05) is 0 Å². The molecule has 78 valence electrons. The maximum absolute atomic E-state index is 5.79. The summed E-state index contributed by atoms with van der Waals surface area (Å²) in [6.45, 7) is 8.27. The van der Waals surface area contributed by atoms with Gasteiger partial charge in [0, 0.05) is 29.9 Å². The number of aryl methyl sites for hydroxylation is 1. The van der Waals surface area contributed by atoms with Crippen molar-refractivity contribution in [2.45, 2.75) is 40.2 Å². The maximum atomic E-state index is 5.79. The average Bonchev–Trinajstić information content (AvgIpc) is 2.01. The molecule has 0 aliphatic carbocycles. The van der Waals surface area contributed by atoms with Crippen LogP contribution in [0.4, 0.5) is 0 Å². The second kappa shape index (κ2) is 4.51. The van der Waals surface area contributed by atoms with E-state index in [1.54, 1.807) is 0 Å². The van der Waals surface area contributed by atoms with Crippen molar-refractivity contribution in [3.8, 4) is 0 Å². The first-order valence-electron chi connectivity index (χ1n) is 5.08. The molecule has 0 spiro atoms. The van der Waals surface area contributed by atoms with E-state index in [2.05, 4.69) is 23.8 Å². The van der Waals surface area contributed by atoms with Crippen LogP contribution in [0.25, 0.3) is 0 Å². The summed E-state index contributed by atoms with van der Waals surface area (Å²) in [4.78, 5) is 8.75. The predicted molar refractivity (Wildman–Crippen MR) is 57.9 cm³/mol. The van der Waals surface area contributed by atoms with Crippen molar-refractivity contribution in [2.24, 2.45) is 11.7 Å². The first kappa shape index (κ1) is 11.1. The average molecular weight is 193 g/mol. The summed E-state index contributed by atoms with van der Waals surface area (Å²) in [5.74, 6) is 1.51. The predicted octanol–water partition coefficient (Wildman–Crippen LogP) is 2.00. The summed E-state index contributed by atoms with van der Waals surface area (Å²) >= 11 is 0. The molecule has 0 radical (unpaired) electrons. The number of nitrogens with two attached hydrogens (primary N) is 1. The van der Waals surface area contributed by atoms with Crippen LogP contribution in [0.1, 0.15) is 43.9 Å². The lowest BCUT2D eigenvalue weighted by Gasteiger charge is -2.10. The highest BCUT2D eigenvalue weighted by Gasteiger charge is 2.07. The Hall–Kier alpha value is -0.960. The minimum absolute atomic E-state index is 0.0168. The van der Waals surface area contributed by atoms with Gasteiger partial charge in [-0.1, -0.05) is 13.8 Å². The van der Waals surface area contributed by atoms with Gasteiger partial charge in [0.05, 0.1) is 0 Å². The Kier molecular flexibility index (Phi) is 3.58. The molecule has 14 heavy (non-hydrogen) atoms. The molecule has 0 unspecified atom stereocenters. The molecule has 0 aromatic carbocycles. The normalized spacial score (nSPS) is 13.3. The number of hydrogen-bond donors (Lipinski definition) is 1. The molecule has 0 aliphatic heterocycles. The summed E-state index contributed by atoms with van der Waals surface area (Å²) < 4.78 is 0. The van der Waals surface area contributed by atoms with E-state index in [1.165, 1.54) is 0 Å². The Morgan fingerprint density at radius 1 is 1.36 bits per heavy atom. The number of aromatic nitrogens is 2. The maximum Gasteiger partial charge on any atom is 0.128 e. The largest absolute Gasteiger partial charge is 0.324 e. The van der Waals surface area contributed by atoms with Crippen LogP contribution in [0.3, 0.4) is 0 Å². The van der Waals surface area contributed by atoms with E-state index < -0.39 is 0 Å². The summed E-state index contributed by atoms with van der Waals surface area (Å²) in [5, 5.41) is 0. The monoisotopic (exact) mass is 193 g/mol. The van der Waals surface area contributed by atoms with Crippen LogP contribution in [0.15, 0.2) is 6.20 Å². The molecule has 1 atom stereocenters. The van der Waals surface area contributed by atoms with Crippen molar-refractivity contribution < 1.29 is 0 Å². The Morgan fingerprint density at radius 3 is 2.43 bits per heavy atom. The minimum Gasteiger partial charge on any atom is -0.324 e. The first-order valence-corrected chi connectivity index (χ1v) is 5.08. The highest BCUT2D eigenvalue weighted by Crippen LogP contribution is 2.13. The van der Waals surface area contributed by atoms with Crippen molar-refractivity contribution in [3.63, 3.8) is 0 Å². The molecule has 0 bridgehead atoms. The lowest BCUT2D eigenvalue weighted by atomic mass is 10.1. The molecule has 3 nitrogen and oxygen atoms in total. The molecule has 1 heterocycles. The molecule has 0 saturated carbocycles. The van der Waals surface area contributed by atoms with Crippen LogP contribution in [-0.2, 0) is 6.42 Å². The molecule has 0 fully saturated rings. The molecule has 0 amide bonds. The second-order valence-corrected chi connectivity index (χ2v) is 4.21. The Balaban J connectivity index is 2.89. The van der Waals surface area contributed by atoms with Gasteiger partial charge in [-0.15, -0.1) is 0 Å². The molecule has 2 N–H and O–H groups in total. The van der Waals surface area contributed by atoms with E-state index in [4.69, 9.17) is 5.73 Å². The van der Waals surface area contributed by atoms with Gasteiger partial charge in [0.25, 0.3) is 0 Å². The number of hydrogen-bond acceptors (Lipinski definition) is 3. The van der Waals surface area contributed by atoms with Gasteiger partial charge in [0.15, 0.2) is 0 Å². The smallest absolute Gasteiger partial charge is 0.128 e. The molecule has 1 aromatic rings. The first-order chi connectivity index (χ1) is 6.50. The van der Waals surface area contributed by atoms with E-state index in [1.807, 2.05) is 20.0 Å². The quantitative estimate of drug-likeness (QED) is 0.798. The second-order valence-electron chi connectivity index (χ2n) is 4.21. The van der Waals surface area contributed by atoms with Crippen LogP contribution >= 0.6 is 0 Å². The van der Waals surface area contributed by atoms with Crippen molar-refractivity contribution in [1.82, 2.24) is 9.97 Å². The topological polar surface area (TPSA) is 51.8 Å². The fraction of sp³-hybridized carbons (Fsp3) is 0.636. The summed E-state index contributed by atoms with van der Waals surface area (Å²) in [5.41, 5.74) is 7.83. The van der Waals surface area contributed by atoms with Crippen molar-refractivity contribution in [3.05, 3.63) is 23.3 Å². The Labute approximate surface area is 85.8 Å². The van der Waals surface area contributed by atoms with Crippen molar-refractivity contribution >= 4 is 0 Å². The highest BCUT2D eigenvalue weighted by atomic mass is 14.9. The zero-order chi connectivity index (χ0) is 10.7. The molecular weight excluding hydrogens is 174 g/mol. The van der Waals surface area contributed by atoms with E-state index in [-0.39, 0.29) is 6.04 Å². The van der Waals surface area contributed by atoms with Crippen LogP contribution in [-0.4, -0.2) is 9.97 Å². The molecule has 3 heteroatoms. The van der Waals surface area contributed by atoms with Crippen LogP contribution in [0.2, 0.25) is 0 Å². The Bertz CT molecular complexity index is 305. The summed E-state index contributed by atoms with van der Waals surface area (Å²) in [7, 11) is 0. The van der Waals surface area contributed by atoms with Crippen LogP contribution < -0.4 is 5.73 Å². The Morgan fingerprint density at radius 2 is 2.00 bits per heavy atom. The molecule has 1 aromatic heterocycles. The van der Waals surface area contributed by atoms with E-state index in [9.17, 15) is 0 Å². The minimum atomic E-state index is 0.0168. The van der Waals surface area contributed by atoms with Gasteiger partial charge in [-0.2, -0.15) is 0 Å². The zero-order valence-electron chi connectivity index (χ0n) is 9.41. The standard InChI is InChI=1S/C11H19N3/c1-7(2)5-11-13-6-10(8(3)12)9(4)14-11/h6-8H,5,12H2,1-4H3/t8-/m0/s1. The third-order valence-electron chi connectivity index (χ3n) is 2.15. The number of rotatable bonds is 3. The van der Waals surface area contributed by atoms with Gasteiger partial charge >= 0.3 is 0 Å². The van der Waals surface area contributed by atoms with Gasteiger partial charge in [0.2, 0.25) is 0 Å². The zero-order valence-corrected chi connectivity index (χ0v) is 9.41. The third-order valence-corrected chi connectivity index (χ3v) is 2.15. The van der Waals surface area contributed by atoms with Crippen LogP contribution in [0, 0.1) is 12.8 Å². The third kappa shape index (κ3) is 2.77. The highest BCUT2D eigenvalue weighted by molar-refractivity contribution is 5.19. The van der Waals surface area contributed by atoms with Gasteiger partial charge < -0.3 is 5.73 Å². The molecule has 0 saturated heterocycles. The van der Waals surface area contributed by atoms with Gasteiger partial charge in [-0.3, -0.25) is 0 Å². The summed E-state index contributed by atoms with van der Waals surface area (Å²) in [6.07, 6.45) is 2.78. The summed E-state index contributed by atoms with van der Waals surface area (Å²) in [6, 6.07) is 0.0168. The lowest BCUT2D eigenvalue weighted by molar-refractivity contribution is 0.615. The van der Waals surface area contributed by atoms with Gasteiger partial charge in [0.1, 0.15) is 5.82 Å². The molecule has 1 rings (SSSR count). The molecular formula is C11H19N3. The fourth-order valence-electron chi connectivity index (χ4n) is 1.44. The van der Waals surface area contributed by atoms with Gasteiger partial charge in [-0.25, -0.2) is 9.97 Å². The SMILES string of the molecule is Cc1nc(CC(C)C)ncc1[C@H](C)N. The van der Waals surface area contributed by atoms with Gasteiger partial charge in [-0.05, 0) is 19.8 Å². The molecule has 0 aliphatic rings. The van der Waals surface area contributed by atoms with Crippen LogP contribution in [0.5, 0.6) is 0 Å². The van der Waals surface area contributed by atoms with E-state index >= 15 is 0 Å².